The fourth-order valence-corrected chi connectivity index (χ4v) is 1.99. The highest BCUT2D eigenvalue weighted by Gasteiger charge is 2.25. The molecule has 0 aliphatic carbocycles. The van der Waals surface area contributed by atoms with Crippen LogP contribution in [0.3, 0.4) is 0 Å². The summed E-state index contributed by atoms with van der Waals surface area (Å²) in [7, 11) is 0. The molecule has 0 aliphatic rings. The quantitative estimate of drug-likeness (QED) is 0.496. The minimum absolute atomic E-state index is 0.00951. The topological polar surface area (TPSA) is 99.0 Å². The first-order valence-corrected chi connectivity index (χ1v) is 6.37. The third-order valence-corrected chi connectivity index (χ3v) is 2.89. The molecule has 106 valence electrons. The highest BCUT2D eigenvalue weighted by atomic mass is 16.6. The van der Waals surface area contributed by atoms with Gasteiger partial charge in [0.25, 0.3) is 0 Å². The molecule has 1 aromatic carbocycles. The molecule has 0 bridgehead atoms. The van der Waals surface area contributed by atoms with Crippen molar-refractivity contribution >= 4 is 22.9 Å². The van der Waals surface area contributed by atoms with Gasteiger partial charge in [-0.2, -0.15) is 5.10 Å². The Morgan fingerprint density at radius 2 is 2.05 bits per heavy atom. The maximum absolute atomic E-state index is 11.2. The summed E-state index contributed by atoms with van der Waals surface area (Å²) in [6.07, 6.45) is 0.842. The van der Waals surface area contributed by atoms with Gasteiger partial charge in [0, 0.05) is 17.9 Å². The second-order valence-corrected chi connectivity index (χ2v) is 4.51. The second kappa shape index (κ2) is 5.60. The predicted molar refractivity (Wildman–Crippen MR) is 78.0 cm³/mol. The molecule has 0 saturated heterocycles. The Kier molecular flexibility index (Phi) is 3.88. The van der Waals surface area contributed by atoms with Crippen molar-refractivity contribution < 1.29 is 4.92 Å². The molecule has 2 rings (SSSR count). The van der Waals surface area contributed by atoms with Crippen molar-refractivity contribution in [3.8, 4) is 0 Å². The number of nitrogens with two attached hydrogens (primary N) is 1. The Morgan fingerprint density at radius 3 is 2.60 bits per heavy atom. The van der Waals surface area contributed by atoms with Crippen LogP contribution in [0.1, 0.15) is 19.0 Å². The molecule has 1 heterocycles. The summed E-state index contributed by atoms with van der Waals surface area (Å²) in [5.41, 5.74) is 7.42. The van der Waals surface area contributed by atoms with Crippen molar-refractivity contribution in [2.75, 3.05) is 11.1 Å². The van der Waals surface area contributed by atoms with E-state index in [2.05, 4.69) is 10.4 Å². The summed E-state index contributed by atoms with van der Waals surface area (Å²) in [5.74, 6) is 0.402. The lowest BCUT2D eigenvalue weighted by Gasteiger charge is -2.08. The number of aryl methyl sites for hydroxylation is 2. The number of anilines is 3. The van der Waals surface area contributed by atoms with Gasteiger partial charge in [0.05, 0.1) is 4.92 Å². The van der Waals surface area contributed by atoms with Gasteiger partial charge in [0.2, 0.25) is 5.82 Å². The average molecular weight is 275 g/mol. The fourth-order valence-electron chi connectivity index (χ4n) is 1.99. The summed E-state index contributed by atoms with van der Waals surface area (Å²) < 4.78 is 1.63. The summed E-state index contributed by atoms with van der Waals surface area (Å²) in [5, 5.41) is 18.5. The molecule has 3 N–H and O–H groups in total. The van der Waals surface area contributed by atoms with Gasteiger partial charge in [-0.25, -0.2) is 4.68 Å². The van der Waals surface area contributed by atoms with Crippen LogP contribution >= 0.6 is 0 Å². The molecular weight excluding hydrogens is 258 g/mol. The smallest absolute Gasteiger partial charge is 0.334 e. The Hall–Kier alpha value is -2.57. The van der Waals surface area contributed by atoms with Crippen LogP contribution in [0.2, 0.25) is 0 Å². The lowest BCUT2D eigenvalue weighted by Crippen LogP contribution is -2.05. The largest absolute Gasteiger partial charge is 0.399 e. The predicted octanol–water partition coefficient (Wildman–Crippen LogP) is 2.84. The van der Waals surface area contributed by atoms with Gasteiger partial charge >= 0.3 is 5.69 Å². The molecule has 0 saturated carbocycles. The van der Waals surface area contributed by atoms with Crippen LogP contribution in [0.5, 0.6) is 0 Å². The van der Waals surface area contributed by atoms with E-state index >= 15 is 0 Å². The highest BCUT2D eigenvalue weighted by Crippen LogP contribution is 2.31. The summed E-state index contributed by atoms with van der Waals surface area (Å²) >= 11 is 0. The maximum Gasteiger partial charge on any atom is 0.334 e. The third-order valence-electron chi connectivity index (χ3n) is 2.89. The van der Waals surface area contributed by atoms with E-state index < -0.39 is 4.92 Å². The molecule has 0 fully saturated rings. The van der Waals surface area contributed by atoms with Crippen molar-refractivity contribution in [1.82, 2.24) is 9.78 Å². The van der Waals surface area contributed by atoms with Crippen molar-refractivity contribution in [3.05, 3.63) is 40.1 Å². The minimum atomic E-state index is -0.409. The van der Waals surface area contributed by atoms with E-state index in [-0.39, 0.29) is 5.69 Å². The van der Waals surface area contributed by atoms with E-state index in [0.717, 1.165) is 12.1 Å². The van der Waals surface area contributed by atoms with E-state index in [0.29, 0.717) is 23.7 Å². The number of hydrogen-bond donors (Lipinski definition) is 2. The standard InChI is InChI=1S/C13H17N5O2/c1-3-8-17-13(12(18(19)20)9(2)16-17)15-11-6-4-10(14)5-7-11/h4-7,15H,3,8,14H2,1-2H3. The number of nitro groups is 1. The van der Waals surface area contributed by atoms with Gasteiger partial charge in [-0.1, -0.05) is 6.92 Å². The maximum atomic E-state index is 11.2. The Labute approximate surface area is 116 Å². The zero-order valence-electron chi connectivity index (χ0n) is 11.5. The van der Waals surface area contributed by atoms with Gasteiger partial charge in [-0.05, 0) is 37.6 Å². The van der Waals surface area contributed by atoms with Crippen molar-refractivity contribution in [3.63, 3.8) is 0 Å². The first-order chi connectivity index (χ1) is 9.52. The van der Waals surface area contributed by atoms with E-state index in [9.17, 15) is 10.1 Å². The number of aromatic nitrogens is 2. The van der Waals surface area contributed by atoms with Gasteiger partial charge < -0.3 is 11.1 Å². The lowest BCUT2D eigenvalue weighted by atomic mass is 10.3. The average Bonchev–Trinajstić information content (AvgIpc) is 2.69. The minimum Gasteiger partial charge on any atom is -0.399 e. The summed E-state index contributed by atoms with van der Waals surface area (Å²) in [6, 6.07) is 7.03. The van der Waals surface area contributed by atoms with Crippen LogP contribution in [0.4, 0.5) is 22.9 Å². The SMILES string of the molecule is CCCn1nc(C)c([N+](=O)[O-])c1Nc1ccc(N)cc1. The number of nitrogens with one attached hydrogen (secondary N) is 1. The van der Waals surface area contributed by atoms with E-state index in [4.69, 9.17) is 5.73 Å². The number of nitrogen functional groups attached to an aromatic ring is 1. The molecule has 0 spiro atoms. The first-order valence-electron chi connectivity index (χ1n) is 6.37. The van der Waals surface area contributed by atoms with Crippen LogP contribution in [0.25, 0.3) is 0 Å². The molecule has 2 aromatic rings. The molecule has 0 aliphatic heterocycles. The van der Waals surface area contributed by atoms with Crippen LogP contribution in [-0.4, -0.2) is 14.7 Å². The molecule has 0 amide bonds. The van der Waals surface area contributed by atoms with Gasteiger partial charge in [0.1, 0.15) is 5.69 Å². The fraction of sp³-hybridized carbons (Fsp3) is 0.308. The Morgan fingerprint density at radius 1 is 1.40 bits per heavy atom. The lowest BCUT2D eigenvalue weighted by molar-refractivity contribution is -0.384. The number of hydrogen-bond acceptors (Lipinski definition) is 5. The monoisotopic (exact) mass is 275 g/mol. The van der Waals surface area contributed by atoms with Gasteiger partial charge in [0.15, 0.2) is 0 Å². The number of benzene rings is 1. The van der Waals surface area contributed by atoms with Crippen LogP contribution in [0.15, 0.2) is 24.3 Å². The zero-order valence-corrected chi connectivity index (χ0v) is 11.5. The number of rotatable bonds is 5. The van der Waals surface area contributed by atoms with Crippen LogP contribution in [0, 0.1) is 17.0 Å². The van der Waals surface area contributed by atoms with Crippen molar-refractivity contribution in [1.29, 1.82) is 0 Å². The first kappa shape index (κ1) is 13.9. The Bertz CT molecular complexity index is 618. The molecule has 7 heteroatoms. The van der Waals surface area contributed by atoms with Crippen molar-refractivity contribution in [2.45, 2.75) is 26.8 Å². The third kappa shape index (κ3) is 2.71. The van der Waals surface area contributed by atoms with Crippen LogP contribution in [-0.2, 0) is 6.54 Å². The second-order valence-electron chi connectivity index (χ2n) is 4.51. The van der Waals surface area contributed by atoms with E-state index in [1.807, 2.05) is 6.92 Å². The Balaban J connectivity index is 2.42. The molecule has 1 aromatic heterocycles. The molecule has 0 atom stereocenters. The number of nitrogens with zero attached hydrogens (tertiary/aromatic N) is 3. The normalized spacial score (nSPS) is 10.5. The van der Waals surface area contributed by atoms with Crippen molar-refractivity contribution in [2.24, 2.45) is 0 Å². The highest BCUT2D eigenvalue weighted by molar-refractivity contribution is 5.68. The van der Waals surface area contributed by atoms with Gasteiger partial charge in [-0.15, -0.1) is 0 Å². The van der Waals surface area contributed by atoms with E-state index in [1.54, 1.807) is 35.9 Å². The molecular formula is C13H17N5O2. The van der Waals surface area contributed by atoms with E-state index in [1.165, 1.54) is 0 Å². The zero-order chi connectivity index (χ0) is 14.7. The molecule has 7 nitrogen and oxygen atoms in total. The summed E-state index contributed by atoms with van der Waals surface area (Å²) in [4.78, 5) is 10.8. The summed E-state index contributed by atoms with van der Waals surface area (Å²) in [6.45, 7) is 4.25. The molecule has 20 heavy (non-hydrogen) atoms. The van der Waals surface area contributed by atoms with Crippen LogP contribution < -0.4 is 11.1 Å². The molecule has 0 unspecified atom stereocenters. The molecule has 0 radical (unpaired) electrons. The van der Waals surface area contributed by atoms with Gasteiger partial charge in [-0.3, -0.25) is 10.1 Å².